The van der Waals surface area contributed by atoms with Gasteiger partial charge >= 0.3 is 0 Å². The van der Waals surface area contributed by atoms with Gasteiger partial charge in [-0.15, -0.1) is 0 Å². The molecule has 1 heterocycles. The maximum absolute atomic E-state index is 13.5. The Labute approximate surface area is 236 Å². The number of carbonyl (C=O) groups is 1. The molecular weight excluding hydrogens is 562 g/mol. The summed E-state index contributed by atoms with van der Waals surface area (Å²) < 4.78 is 7.02. The SMILES string of the molecule is Cc1cc(COc2ccccc2Br)c(C)c(C2C(C#N)=C(N)N(c3cccc(Cl)c3)C3=C2C(=O)CCC3)c1. The quantitative estimate of drug-likeness (QED) is 0.332. The normalized spacial score (nSPS) is 17.4. The second-order valence-electron chi connectivity index (χ2n) is 9.65. The highest BCUT2D eigenvalue weighted by Gasteiger charge is 2.41. The van der Waals surface area contributed by atoms with Crippen molar-refractivity contribution in [3.05, 3.63) is 115 Å². The van der Waals surface area contributed by atoms with E-state index in [9.17, 15) is 10.1 Å². The Morgan fingerprint density at radius 3 is 2.66 bits per heavy atom. The van der Waals surface area contributed by atoms with Gasteiger partial charge in [0.15, 0.2) is 5.78 Å². The molecule has 2 N–H and O–H groups in total. The first-order chi connectivity index (χ1) is 18.3. The van der Waals surface area contributed by atoms with Crippen molar-refractivity contribution in [1.82, 2.24) is 0 Å². The minimum Gasteiger partial charge on any atom is -0.488 e. The number of allylic oxidation sites excluding steroid dienone is 3. The number of aryl methyl sites for hydroxylation is 1. The lowest BCUT2D eigenvalue weighted by atomic mass is 9.73. The summed E-state index contributed by atoms with van der Waals surface area (Å²) in [4.78, 5) is 15.4. The molecule has 0 saturated carbocycles. The van der Waals surface area contributed by atoms with E-state index in [1.807, 2.05) is 61.2 Å². The Hall–Kier alpha value is -3.53. The molecule has 5 rings (SSSR count). The first kappa shape index (κ1) is 26.1. The Balaban J connectivity index is 1.65. The summed E-state index contributed by atoms with van der Waals surface area (Å²) in [5, 5.41) is 11.0. The number of halogens is 2. The summed E-state index contributed by atoms with van der Waals surface area (Å²) in [5.41, 5.74) is 13.2. The topological polar surface area (TPSA) is 79.3 Å². The number of rotatable bonds is 5. The zero-order chi connectivity index (χ0) is 27.0. The number of ketones is 1. The van der Waals surface area contributed by atoms with Gasteiger partial charge in [0.1, 0.15) is 18.2 Å². The highest BCUT2D eigenvalue weighted by Crippen LogP contribution is 2.47. The third-order valence-corrected chi connectivity index (χ3v) is 8.10. The van der Waals surface area contributed by atoms with Gasteiger partial charge in [0, 0.05) is 28.4 Å². The maximum atomic E-state index is 13.5. The number of para-hydroxylation sites is 1. The van der Waals surface area contributed by atoms with Crippen LogP contribution in [0, 0.1) is 25.2 Å². The lowest BCUT2D eigenvalue weighted by molar-refractivity contribution is -0.116. The van der Waals surface area contributed by atoms with Crippen LogP contribution in [0.25, 0.3) is 0 Å². The highest BCUT2D eigenvalue weighted by atomic mass is 79.9. The number of ether oxygens (including phenoxy) is 1. The number of hydrogen-bond donors (Lipinski definition) is 1. The predicted molar refractivity (Wildman–Crippen MR) is 154 cm³/mol. The van der Waals surface area contributed by atoms with Crippen molar-refractivity contribution in [3.8, 4) is 11.8 Å². The van der Waals surface area contributed by atoms with Gasteiger partial charge in [0.25, 0.3) is 0 Å². The number of carbonyl (C=O) groups excluding carboxylic acids is 1. The molecule has 7 heteroatoms. The molecule has 5 nitrogen and oxygen atoms in total. The zero-order valence-electron chi connectivity index (χ0n) is 21.2. The molecule has 192 valence electrons. The van der Waals surface area contributed by atoms with Crippen LogP contribution in [0.15, 0.2) is 87.8 Å². The van der Waals surface area contributed by atoms with Crippen LogP contribution in [0.3, 0.4) is 0 Å². The van der Waals surface area contributed by atoms with Gasteiger partial charge in [0.05, 0.1) is 22.0 Å². The predicted octanol–water partition coefficient (Wildman–Crippen LogP) is 7.60. The first-order valence-corrected chi connectivity index (χ1v) is 13.7. The number of anilines is 1. The van der Waals surface area contributed by atoms with Crippen molar-refractivity contribution in [2.45, 2.75) is 45.6 Å². The molecule has 1 atom stereocenters. The van der Waals surface area contributed by atoms with E-state index in [0.29, 0.717) is 41.4 Å². The molecule has 0 radical (unpaired) electrons. The maximum Gasteiger partial charge on any atom is 0.161 e. The van der Waals surface area contributed by atoms with Crippen LogP contribution in [-0.4, -0.2) is 5.78 Å². The van der Waals surface area contributed by atoms with Crippen LogP contribution in [-0.2, 0) is 11.4 Å². The Morgan fingerprint density at radius 1 is 1.13 bits per heavy atom. The molecule has 0 aromatic heterocycles. The fraction of sp³-hybridized carbons (Fsp3) is 0.226. The summed E-state index contributed by atoms with van der Waals surface area (Å²) in [6, 6.07) is 21.6. The number of nitrogens with two attached hydrogens (primary N) is 1. The third kappa shape index (κ3) is 4.73. The van der Waals surface area contributed by atoms with Crippen molar-refractivity contribution in [1.29, 1.82) is 5.26 Å². The number of hydrogen-bond acceptors (Lipinski definition) is 5. The second kappa shape index (κ2) is 10.7. The second-order valence-corrected chi connectivity index (χ2v) is 10.9. The third-order valence-electron chi connectivity index (χ3n) is 7.21. The molecule has 0 saturated heterocycles. The zero-order valence-corrected chi connectivity index (χ0v) is 23.6. The molecule has 1 aliphatic carbocycles. The minimum atomic E-state index is -0.541. The largest absolute Gasteiger partial charge is 0.488 e. The van der Waals surface area contributed by atoms with Gasteiger partial charge in [-0.05, 0) is 89.6 Å². The van der Waals surface area contributed by atoms with Gasteiger partial charge in [-0.3, -0.25) is 9.69 Å². The molecule has 1 unspecified atom stereocenters. The van der Waals surface area contributed by atoms with E-state index in [2.05, 4.69) is 34.1 Å². The van der Waals surface area contributed by atoms with E-state index in [4.69, 9.17) is 22.1 Å². The molecule has 0 bridgehead atoms. The van der Waals surface area contributed by atoms with Crippen LogP contribution in [0.4, 0.5) is 5.69 Å². The fourth-order valence-electron chi connectivity index (χ4n) is 5.44. The van der Waals surface area contributed by atoms with Crippen LogP contribution in [0.2, 0.25) is 5.02 Å². The number of Topliss-reactive ketones (excluding diaryl/α,β-unsaturated/α-hetero) is 1. The average Bonchev–Trinajstić information content (AvgIpc) is 2.89. The smallest absolute Gasteiger partial charge is 0.161 e. The van der Waals surface area contributed by atoms with Gasteiger partial charge in [0.2, 0.25) is 0 Å². The molecule has 0 amide bonds. The summed E-state index contributed by atoms with van der Waals surface area (Å²) in [7, 11) is 0. The number of benzene rings is 3. The van der Waals surface area contributed by atoms with Crippen LogP contribution in [0.5, 0.6) is 5.75 Å². The fourth-order valence-corrected chi connectivity index (χ4v) is 6.02. The molecule has 3 aromatic carbocycles. The lowest BCUT2D eigenvalue weighted by Gasteiger charge is -2.40. The average molecular weight is 589 g/mol. The Bertz CT molecular complexity index is 1550. The molecule has 0 fully saturated rings. The van der Waals surface area contributed by atoms with Gasteiger partial charge in [-0.25, -0.2) is 0 Å². The standard InChI is InChI=1S/C31H27BrClN3O2/c1-18-13-20(17-38-28-12-4-3-9-25(28)32)19(2)23(14-18)29-24(16-34)31(35)36(22-8-5-7-21(33)15-22)26-10-6-11-27(37)30(26)29/h3-5,7-9,12-15,29H,6,10-11,17,35H2,1-2H3. The lowest BCUT2D eigenvalue weighted by Crippen LogP contribution is -2.39. The summed E-state index contributed by atoms with van der Waals surface area (Å²) in [6.45, 7) is 4.39. The van der Waals surface area contributed by atoms with Gasteiger partial charge < -0.3 is 10.5 Å². The summed E-state index contributed by atoms with van der Waals surface area (Å²) >= 11 is 9.84. The number of nitriles is 1. The van der Waals surface area contributed by atoms with Crippen molar-refractivity contribution >= 4 is 39.0 Å². The minimum absolute atomic E-state index is 0.0513. The molecule has 0 spiro atoms. The summed E-state index contributed by atoms with van der Waals surface area (Å²) in [5.74, 6) is 0.593. The van der Waals surface area contributed by atoms with E-state index < -0.39 is 5.92 Å². The molecule has 38 heavy (non-hydrogen) atoms. The molecule has 2 aliphatic rings. The van der Waals surface area contributed by atoms with Crippen molar-refractivity contribution in [3.63, 3.8) is 0 Å². The molecular formula is C31H27BrClN3O2. The van der Waals surface area contributed by atoms with E-state index in [0.717, 1.165) is 50.3 Å². The highest BCUT2D eigenvalue weighted by molar-refractivity contribution is 9.10. The van der Waals surface area contributed by atoms with E-state index >= 15 is 0 Å². The van der Waals surface area contributed by atoms with Gasteiger partial charge in [-0.1, -0.05) is 47.5 Å². The molecule has 1 aliphatic heterocycles. The summed E-state index contributed by atoms with van der Waals surface area (Å²) in [6.07, 6.45) is 1.86. The molecule has 3 aromatic rings. The first-order valence-electron chi connectivity index (χ1n) is 12.5. The van der Waals surface area contributed by atoms with Crippen molar-refractivity contribution in [2.75, 3.05) is 4.90 Å². The number of nitrogens with zero attached hydrogens (tertiary/aromatic N) is 2. The van der Waals surface area contributed by atoms with E-state index in [-0.39, 0.29) is 5.78 Å². The van der Waals surface area contributed by atoms with E-state index in [1.165, 1.54) is 0 Å². The van der Waals surface area contributed by atoms with E-state index in [1.54, 1.807) is 6.07 Å². The Kier molecular flexibility index (Phi) is 7.34. The van der Waals surface area contributed by atoms with Crippen LogP contribution >= 0.6 is 27.5 Å². The monoisotopic (exact) mass is 587 g/mol. The van der Waals surface area contributed by atoms with Crippen molar-refractivity contribution < 1.29 is 9.53 Å². The van der Waals surface area contributed by atoms with Crippen molar-refractivity contribution in [2.24, 2.45) is 5.73 Å². The van der Waals surface area contributed by atoms with Gasteiger partial charge in [-0.2, -0.15) is 5.26 Å². The Morgan fingerprint density at radius 2 is 1.92 bits per heavy atom. The van der Waals surface area contributed by atoms with Crippen LogP contribution < -0.4 is 15.4 Å². The van der Waals surface area contributed by atoms with Crippen LogP contribution in [0.1, 0.15) is 47.4 Å².